The van der Waals surface area contributed by atoms with Crippen LogP contribution in [0.4, 0.5) is 0 Å². The second kappa shape index (κ2) is 4.75. The topological polar surface area (TPSA) is 27.7 Å². The Labute approximate surface area is 110 Å². The summed E-state index contributed by atoms with van der Waals surface area (Å²) in [4.78, 5) is 5.43. The van der Waals surface area contributed by atoms with Gasteiger partial charge in [-0.3, -0.25) is 9.80 Å². The van der Waals surface area contributed by atoms with Crippen molar-refractivity contribution in [1.29, 1.82) is 0 Å². The van der Waals surface area contributed by atoms with Crippen LogP contribution < -0.4 is 5.32 Å². The van der Waals surface area contributed by atoms with Crippen molar-refractivity contribution in [1.82, 2.24) is 15.1 Å². The van der Waals surface area contributed by atoms with Crippen LogP contribution in [0.25, 0.3) is 0 Å². The summed E-state index contributed by atoms with van der Waals surface area (Å²) in [7, 11) is 0. The Morgan fingerprint density at radius 2 is 1.61 bits per heavy atom. The van der Waals surface area contributed by atoms with E-state index in [0.717, 1.165) is 50.2 Å². The molecule has 0 aromatic rings. The van der Waals surface area contributed by atoms with E-state index in [0.29, 0.717) is 0 Å². The normalized spacial score (nSPS) is 44.7. The summed E-state index contributed by atoms with van der Waals surface area (Å²) in [6.45, 7) is 9.24. The Balaban J connectivity index is 1.35. The average molecular weight is 251 g/mol. The van der Waals surface area contributed by atoms with Gasteiger partial charge in [0, 0.05) is 38.3 Å². The van der Waals surface area contributed by atoms with Crippen molar-refractivity contribution in [3.05, 3.63) is 0 Å². The van der Waals surface area contributed by atoms with Gasteiger partial charge in [0.2, 0.25) is 0 Å². The molecule has 1 N–H and O–H groups in total. The molecule has 0 spiro atoms. The Morgan fingerprint density at radius 3 is 2.28 bits per heavy atom. The standard InChI is InChI=1S/C14H25N3O/c1-2-14-12-10-15-9-11(12)13(1)17(14)4-3-16-5-7-18-8-6-16/h11-15H,1-10H2/t11-,12+,13-,14+. The van der Waals surface area contributed by atoms with E-state index in [1.165, 1.54) is 39.0 Å². The minimum atomic E-state index is 0.899. The molecule has 0 unspecified atom stereocenters. The fourth-order valence-electron chi connectivity index (χ4n) is 4.81. The quantitative estimate of drug-likeness (QED) is 0.764. The van der Waals surface area contributed by atoms with Crippen molar-refractivity contribution in [2.45, 2.75) is 24.9 Å². The van der Waals surface area contributed by atoms with Crippen LogP contribution in [0.5, 0.6) is 0 Å². The van der Waals surface area contributed by atoms with E-state index in [4.69, 9.17) is 4.74 Å². The van der Waals surface area contributed by atoms with Crippen LogP contribution in [0.15, 0.2) is 0 Å². The van der Waals surface area contributed by atoms with Crippen LogP contribution in [0, 0.1) is 11.8 Å². The van der Waals surface area contributed by atoms with E-state index >= 15 is 0 Å². The number of nitrogens with zero attached hydrogens (tertiary/aromatic N) is 2. The van der Waals surface area contributed by atoms with Crippen LogP contribution >= 0.6 is 0 Å². The summed E-state index contributed by atoms with van der Waals surface area (Å²) >= 11 is 0. The monoisotopic (exact) mass is 251 g/mol. The molecule has 4 fully saturated rings. The predicted molar refractivity (Wildman–Crippen MR) is 70.6 cm³/mol. The van der Waals surface area contributed by atoms with Gasteiger partial charge in [-0.25, -0.2) is 0 Å². The number of nitrogens with one attached hydrogen (secondary N) is 1. The van der Waals surface area contributed by atoms with Crippen molar-refractivity contribution in [2.24, 2.45) is 11.8 Å². The van der Waals surface area contributed by atoms with Crippen molar-refractivity contribution in [3.8, 4) is 0 Å². The molecule has 2 bridgehead atoms. The number of morpholine rings is 1. The first-order valence-electron chi connectivity index (χ1n) is 7.70. The minimum absolute atomic E-state index is 0.899. The Kier molecular flexibility index (Phi) is 3.07. The molecule has 4 heterocycles. The Morgan fingerprint density at radius 1 is 0.944 bits per heavy atom. The van der Waals surface area contributed by atoms with Crippen LogP contribution in [0.2, 0.25) is 0 Å². The molecule has 0 amide bonds. The number of rotatable bonds is 3. The van der Waals surface area contributed by atoms with Crippen molar-refractivity contribution in [2.75, 3.05) is 52.5 Å². The molecule has 4 rings (SSSR count). The van der Waals surface area contributed by atoms with Gasteiger partial charge in [0.05, 0.1) is 13.2 Å². The SMILES string of the molecule is C1CN(CCN2[C@@H]3CC[C@H]2[C@H]2CNC[C@H]23)CCO1. The first-order chi connectivity index (χ1) is 8.93. The molecule has 4 saturated heterocycles. The van der Waals surface area contributed by atoms with Gasteiger partial charge in [0.25, 0.3) is 0 Å². The van der Waals surface area contributed by atoms with Gasteiger partial charge in [-0.05, 0) is 37.8 Å². The molecule has 4 heteroatoms. The van der Waals surface area contributed by atoms with Gasteiger partial charge in [-0.15, -0.1) is 0 Å². The smallest absolute Gasteiger partial charge is 0.0594 e. The highest BCUT2D eigenvalue weighted by molar-refractivity contribution is 5.09. The van der Waals surface area contributed by atoms with Gasteiger partial charge in [-0.2, -0.15) is 0 Å². The predicted octanol–water partition coefficient (Wildman–Crippen LogP) is 0.000800. The van der Waals surface area contributed by atoms with Gasteiger partial charge in [0.1, 0.15) is 0 Å². The van der Waals surface area contributed by atoms with Gasteiger partial charge in [0.15, 0.2) is 0 Å². The van der Waals surface area contributed by atoms with E-state index in [9.17, 15) is 0 Å². The molecule has 0 aliphatic carbocycles. The molecule has 4 nitrogen and oxygen atoms in total. The van der Waals surface area contributed by atoms with Crippen molar-refractivity contribution in [3.63, 3.8) is 0 Å². The molecule has 0 radical (unpaired) electrons. The second-order valence-electron chi connectivity index (χ2n) is 6.39. The van der Waals surface area contributed by atoms with Gasteiger partial charge in [-0.1, -0.05) is 0 Å². The third-order valence-corrected chi connectivity index (χ3v) is 5.69. The third-order valence-electron chi connectivity index (χ3n) is 5.69. The van der Waals surface area contributed by atoms with Crippen LogP contribution in [0.1, 0.15) is 12.8 Å². The average Bonchev–Trinajstić information content (AvgIpc) is 3.09. The molecule has 0 aromatic carbocycles. The summed E-state index contributed by atoms with van der Waals surface area (Å²) in [5.41, 5.74) is 0. The summed E-state index contributed by atoms with van der Waals surface area (Å²) in [6, 6.07) is 1.80. The first-order valence-corrected chi connectivity index (χ1v) is 7.70. The summed E-state index contributed by atoms with van der Waals surface area (Å²) in [6.07, 6.45) is 2.91. The maximum Gasteiger partial charge on any atom is 0.0594 e. The van der Waals surface area contributed by atoms with Crippen molar-refractivity contribution >= 4 is 0 Å². The summed E-state index contributed by atoms with van der Waals surface area (Å²) in [5, 5.41) is 3.60. The van der Waals surface area contributed by atoms with Gasteiger partial charge >= 0.3 is 0 Å². The fraction of sp³-hybridized carbons (Fsp3) is 1.00. The highest BCUT2D eigenvalue weighted by Gasteiger charge is 2.54. The van der Waals surface area contributed by atoms with Crippen LogP contribution in [-0.2, 0) is 4.74 Å². The number of ether oxygens (including phenoxy) is 1. The lowest BCUT2D eigenvalue weighted by Gasteiger charge is -2.31. The lowest BCUT2D eigenvalue weighted by molar-refractivity contribution is 0.0318. The van der Waals surface area contributed by atoms with Gasteiger partial charge < -0.3 is 10.1 Å². The highest BCUT2D eigenvalue weighted by atomic mass is 16.5. The summed E-state index contributed by atoms with van der Waals surface area (Å²) in [5.74, 6) is 1.93. The molecule has 0 aromatic heterocycles. The van der Waals surface area contributed by atoms with E-state index in [1.807, 2.05) is 0 Å². The molecule has 102 valence electrons. The lowest BCUT2D eigenvalue weighted by atomic mass is 9.82. The Hall–Kier alpha value is -0.160. The third kappa shape index (κ3) is 1.82. The van der Waals surface area contributed by atoms with E-state index < -0.39 is 0 Å². The molecular formula is C14H25N3O. The maximum absolute atomic E-state index is 5.42. The molecule has 0 saturated carbocycles. The first kappa shape index (κ1) is 11.6. The Bertz CT molecular complexity index is 287. The van der Waals surface area contributed by atoms with E-state index in [-0.39, 0.29) is 0 Å². The molecule has 4 aliphatic rings. The molecule has 4 atom stereocenters. The molecule has 4 aliphatic heterocycles. The second-order valence-corrected chi connectivity index (χ2v) is 6.39. The molecular weight excluding hydrogens is 226 g/mol. The maximum atomic E-state index is 5.42. The zero-order valence-corrected chi connectivity index (χ0v) is 11.2. The highest BCUT2D eigenvalue weighted by Crippen LogP contribution is 2.46. The number of hydrogen-bond donors (Lipinski definition) is 1. The zero-order valence-electron chi connectivity index (χ0n) is 11.2. The van der Waals surface area contributed by atoms with E-state index in [2.05, 4.69) is 15.1 Å². The number of hydrogen-bond acceptors (Lipinski definition) is 4. The van der Waals surface area contributed by atoms with Crippen molar-refractivity contribution < 1.29 is 4.74 Å². The minimum Gasteiger partial charge on any atom is -0.379 e. The van der Waals surface area contributed by atoms with Crippen LogP contribution in [-0.4, -0.2) is 74.4 Å². The summed E-state index contributed by atoms with van der Waals surface area (Å²) < 4.78 is 5.42. The number of fused-ring (bicyclic) bond motifs is 5. The fourth-order valence-corrected chi connectivity index (χ4v) is 4.81. The van der Waals surface area contributed by atoms with E-state index in [1.54, 1.807) is 0 Å². The lowest BCUT2D eigenvalue weighted by Crippen LogP contribution is -2.43. The largest absolute Gasteiger partial charge is 0.379 e. The zero-order chi connectivity index (χ0) is 11.9. The van der Waals surface area contributed by atoms with Crippen LogP contribution in [0.3, 0.4) is 0 Å². The molecule has 18 heavy (non-hydrogen) atoms.